The monoisotopic (exact) mass is 434 g/mol. The first-order chi connectivity index (χ1) is 13.9. The van der Waals surface area contributed by atoms with Crippen LogP contribution in [0.25, 0.3) is 10.9 Å². The highest BCUT2D eigenvalue weighted by Gasteiger charge is 2.36. The maximum Gasteiger partial charge on any atom is 0.233 e. The van der Waals surface area contributed by atoms with E-state index in [0.29, 0.717) is 19.6 Å². The molecule has 0 spiro atoms. The van der Waals surface area contributed by atoms with Crippen LogP contribution < -0.4 is 0 Å². The first-order valence-electron chi connectivity index (χ1n) is 10.0. The van der Waals surface area contributed by atoms with Gasteiger partial charge >= 0.3 is 0 Å². The number of sulfone groups is 1. The molecular formula is C21H26N2O4S2. The van der Waals surface area contributed by atoms with Crippen LogP contribution >= 0.6 is 11.8 Å². The van der Waals surface area contributed by atoms with Gasteiger partial charge < -0.3 is 9.64 Å². The second-order valence-corrected chi connectivity index (χ2v) is 11.0. The lowest BCUT2D eigenvalue weighted by Gasteiger charge is -2.30. The van der Waals surface area contributed by atoms with Crippen molar-refractivity contribution in [3.63, 3.8) is 0 Å². The molecule has 6 nitrogen and oxygen atoms in total. The van der Waals surface area contributed by atoms with Gasteiger partial charge in [0.2, 0.25) is 5.91 Å². The van der Waals surface area contributed by atoms with E-state index < -0.39 is 9.84 Å². The van der Waals surface area contributed by atoms with Crippen molar-refractivity contribution in [3.8, 4) is 0 Å². The van der Waals surface area contributed by atoms with Crippen LogP contribution in [0.1, 0.15) is 24.8 Å². The van der Waals surface area contributed by atoms with Crippen molar-refractivity contribution in [2.24, 2.45) is 0 Å². The Morgan fingerprint density at radius 1 is 1.31 bits per heavy atom. The average Bonchev–Trinajstić information content (AvgIpc) is 3.33. The van der Waals surface area contributed by atoms with Gasteiger partial charge in [0, 0.05) is 24.6 Å². The molecule has 2 saturated heterocycles. The molecule has 1 amide bonds. The zero-order valence-electron chi connectivity index (χ0n) is 16.5. The summed E-state index contributed by atoms with van der Waals surface area (Å²) in [4.78, 5) is 19.5. The minimum atomic E-state index is -3.06. The average molecular weight is 435 g/mol. The van der Waals surface area contributed by atoms with Crippen LogP contribution in [0.3, 0.4) is 0 Å². The summed E-state index contributed by atoms with van der Waals surface area (Å²) in [5.41, 5.74) is 2.05. The van der Waals surface area contributed by atoms with Crippen molar-refractivity contribution >= 4 is 38.4 Å². The van der Waals surface area contributed by atoms with Gasteiger partial charge in [-0.2, -0.15) is 0 Å². The summed E-state index contributed by atoms with van der Waals surface area (Å²) >= 11 is 1.41. The van der Waals surface area contributed by atoms with Crippen molar-refractivity contribution in [3.05, 3.63) is 35.9 Å². The second-order valence-electron chi connectivity index (χ2n) is 7.82. The number of pyridine rings is 1. The van der Waals surface area contributed by atoms with Crippen LogP contribution in [-0.2, 0) is 19.4 Å². The predicted molar refractivity (Wildman–Crippen MR) is 115 cm³/mol. The Hall–Kier alpha value is -1.64. The van der Waals surface area contributed by atoms with Gasteiger partial charge in [-0.25, -0.2) is 13.4 Å². The van der Waals surface area contributed by atoms with E-state index in [1.807, 2.05) is 37.3 Å². The standard InChI is InChI=1S/C21H26N2O4S2/c1-15-11-20(22-19-7-3-2-6-18(15)19)28-13-21(24)23(12-17-5-4-9-27-17)16-8-10-29(25,26)14-16/h2-3,6-7,11,16-17H,4-5,8-10,12-14H2,1H3/t16-,17+/m0/s1. The van der Waals surface area contributed by atoms with E-state index in [2.05, 4.69) is 4.98 Å². The summed E-state index contributed by atoms with van der Waals surface area (Å²) in [6.45, 7) is 3.23. The molecule has 2 aliphatic heterocycles. The minimum Gasteiger partial charge on any atom is -0.376 e. The van der Waals surface area contributed by atoms with E-state index in [1.165, 1.54) is 11.8 Å². The fourth-order valence-corrected chi connectivity index (χ4v) is 6.69. The lowest BCUT2D eigenvalue weighted by molar-refractivity contribution is -0.131. The number of rotatable bonds is 6. The van der Waals surface area contributed by atoms with Crippen molar-refractivity contribution in [1.82, 2.24) is 9.88 Å². The van der Waals surface area contributed by atoms with Gasteiger partial charge in [-0.3, -0.25) is 4.79 Å². The van der Waals surface area contributed by atoms with Crippen LogP contribution in [0, 0.1) is 6.92 Å². The summed E-state index contributed by atoms with van der Waals surface area (Å²) < 4.78 is 29.6. The number of hydrogen-bond donors (Lipinski definition) is 0. The van der Waals surface area contributed by atoms with E-state index in [-0.39, 0.29) is 35.3 Å². The number of carbonyl (C=O) groups is 1. The Morgan fingerprint density at radius 3 is 2.86 bits per heavy atom. The van der Waals surface area contributed by atoms with Gasteiger partial charge in [0.25, 0.3) is 0 Å². The molecule has 0 bridgehead atoms. The quantitative estimate of drug-likeness (QED) is 0.651. The molecule has 0 N–H and O–H groups in total. The summed E-state index contributed by atoms with van der Waals surface area (Å²) in [7, 11) is -3.06. The van der Waals surface area contributed by atoms with Crippen LogP contribution in [0.15, 0.2) is 35.4 Å². The number of ether oxygens (including phenoxy) is 1. The van der Waals surface area contributed by atoms with Crippen molar-refractivity contribution in [2.45, 2.75) is 43.4 Å². The lowest BCUT2D eigenvalue weighted by atomic mass is 10.1. The molecule has 2 fully saturated rings. The Bertz CT molecular complexity index is 1000. The fraction of sp³-hybridized carbons (Fsp3) is 0.524. The van der Waals surface area contributed by atoms with Gasteiger partial charge in [-0.15, -0.1) is 0 Å². The largest absolute Gasteiger partial charge is 0.376 e. The third-order valence-electron chi connectivity index (χ3n) is 5.64. The molecule has 156 valence electrons. The number of aromatic nitrogens is 1. The zero-order valence-corrected chi connectivity index (χ0v) is 18.2. The Labute approximate surface area is 175 Å². The van der Waals surface area contributed by atoms with Gasteiger partial charge in [0.1, 0.15) is 0 Å². The summed E-state index contributed by atoms with van der Waals surface area (Å²) in [5, 5.41) is 1.92. The lowest BCUT2D eigenvalue weighted by Crippen LogP contribution is -2.46. The number of amides is 1. The highest BCUT2D eigenvalue weighted by molar-refractivity contribution is 7.99. The molecular weight excluding hydrogens is 408 g/mol. The topological polar surface area (TPSA) is 76.6 Å². The summed E-state index contributed by atoms with van der Waals surface area (Å²) in [5.74, 6) is 0.420. The normalized spacial score (nSPS) is 23.5. The highest BCUT2D eigenvalue weighted by atomic mass is 32.2. The first kappa shape index (κ1) is 20.6. The number of carbonyl (C=O) groups excluding carboxylic acids is 1. The number of para-hydroxylation sites is 1. The number of fused-ring (bicyclic) bond motifs is 1. The molecule has 4 rings (SSSR count). The van der Waals surface area contributed by atoms with Gasteiger partial charge in [-0.05, 0) is 43.9 Å². The predicted octanol–water partition coefficient (Wildman–Crippen LogP) is 2.83. The fourth-order valence-electron chi connectivity index (χ4n) is 4.09. The van der Waals surface area contributed by atoms with Gasteiger partial charge in [-0.1, -0.05) is 30.0 Å². The van der Waals surface area contributed by atoms with Gasteiger partial charge in [0.15, 0.2) is 9.84 Å². The molecule has 2 atom stereocenters. The molecule has 29 heavy (non-hydrogen) atoms. The third kappa shape index (κ3) is 4.92. The Balaban J connectivity index is 1.47. The molecule has 0 aliphatic carbocycles. The smallest absolute Gasteiger partial charge is 0.233 e. The Kier molecular flexibility index (Phi) is 6.13. The Morgan fingerprint density at radius 2 is 2.14 bits per heavy atom. The van der Waals surface area contributed by atoms with Crippen LogP contribution in [0.4, 0.5) is 0 Å². The van der Waals surface area contributed by atoms with E-state index in [4.69, 9.17) is 4.74 Å². The molecule has 0 radical (unpaired) electrons. The summed E-state index contributed by atoms with van der Waals surface area (Å²) in [6, 6.07) is 9.72. The van der Waals surface area contributed by atoms with Crippen molar-refractivity contribution in [1.29, 1.82) is 0 Å². The third-order valence-corrected chi connectivity index (χ3v) is 8.28. The highest BCUT2D eigenvalue weighted by Crippen LogP contribution is 2.26. The summed E-state index contributed by atoms with van der Waals surface area (Å²) in [6.07, 6.45) is 2.43. The SMILES string of the molecule is Cc1cc(SCC(=O)N(C[C@H]2CCCO2)[C@H]2CCS(=O)(=O)C2)nc2ccccc12. The maximum atomic E-state index is 13.1. The van der Waals surface area contributed by atoms with Gasteiger partial charge in [0.05, 0.1) is 33.9 Å². The zero-order chi connectivity index (χ0) is 20.4. The van der Waals surface area contributed by atoms with Crippen molar-refractivity contribution < 1.29 is 17.9 Å². The van der Waals surface area contributed by atoms with E-state index in [0.717, 1.165) is 34.3 Å². The molecule has 8 heteroatoms. The number of thioether (sulfide) groups is 1. The molecule has 3 heterocycles. The van der Waals surface area contributed by atoms with Crippen LogP contribution in [0.5, 0.6) is 0 Å². The number of benzene rings is 1. The number of hydrogen-bond acceptors (Lipinski definition) is 6. The van der Waals surface area contributed by atoms with E-state index in [1.54, 1.807) is 4.90 Å². The molecule has 0 saturated carbocycles. The van der Waals surface area contributed by atoms with Crippen LogP contribution in [0.2, 0.25) is 0 Å². The molecule has 1 aromatic heterocycles. The minimum absolute atomic E-state index is 0.00768. The number of nitrogens with zero attached hydrogens (tertiary/aromatic N) is 2. The second kappa shape index (κ2) is 8.62. The number of aryl methyl sites for hydroxylation is 1. The van der Waals surface area contributed by atoms with Crippen molar-refractivity contribution in [2.75, 3.05) is 30.4 Å². The molecule has 2 aromatic rings. The molecule has 2 aliphatic rings. The maximum absolute atomic E-state index is 13.1. The first-order valence-corrected chi connectivity index (χ1v) is 12.8. The van der Waals surface area contributed by atoms with Crippen LogP contribution in [-0.4, -0.2) is 66.8 Å². The molecule has 0 unspecified atom stereocenters. The van der Waals surface area contributed by atoms with E-state index in [9.17, 15) is 13.2 Å². The molecule has 1 aromatic carbocycles. The van der Waals surface area contributed by atoms with E-state index >= 15 is 0 Å².